The molecule has 1 aromatic rings. The lowest BCUT2D eigenvalue weighted by atomic mass is 10.2. The molecule has 0 radical (unpaired) electrons. The van der Waals surface area contributed by atoms with Crippen molar-refractivity contribution in [3.63, 3.8) is 0 Å². The Morgan fingerprint density at radius 1 is 1.22 bits per heavy atom. The highest BCUT2D eigenvalue weighted by Gasteiger charge is 2.10. The molecule has 2 N–H and O–H groups in total. The zero-order chi connectivity index (χ0) is 15.6. The minimum Gasteiger partial charge on any atom is -0.490 e. The summed E-state index contributed by atoms with van der Waals surface area (Å²) in [7, 11) is 3.47. The van der Waals surface area contributed by atoms with Crippen molar-refractivity contribution in [2.75, 3.05) is 40.5 Å². The molecular weight excluding hydrogens is 409 g/mol. The number of ether oxygens (including phenoxy) is 3. The first kappa shape index (κ1) is 19.8. The molecule has 130 valence electrons. The zero-order valence-corrected chi connectivity index (χ0v) is 16.1. The van der Waals surface area contributed by atoms with Crippen molar-refractivity contribution >= 4 is 29.9 Å². The lowest BCUT2D eigenvalue weighted by Crippen LogP contribution is -2.37. The van der Waals surface area contributed by atoms with E-state index < -0.39 is 0 Å². The van der Waals surface area contributed by atoms with Crippen LogP contribution in [0, 0.1) is 0 Å². The van der Waals surface area contributed by atoms with Gasteiger partial charge < -0.3 is 24.8 Å². The Kier molecular flexibility index (Phi) is 9.77. The highest BCUT2D eigenvalue weighted by Crippen LogP contribution is 2.30. The van der Waals surface area contributed by atoms with Crippen LogP contribution in [0.1, 0.15) is 18.4 Å². The van der Waals surface area contributed by atoms with Crippen molar-refractivity contribution in [2.45, 2.75) is 19.4 Å². The Bertz CT molecular complexity index is 497. The number of aliphatic imine (C=N–C) groups is 1. The Balaban J connectivity index is 0.00000264. The molecule has 1 heterocycles. The maximum atomic E-state index is 5.70. The van der Waals surface area contributed by atoms with Crippen molar-refractivity contribution in [1.82, 2.24) is 10.6 Å². The van der Waals surface area contributed by atoms with Gasteiger partial charge in [0.15, 0.2) is 17.5 Å². The molecule has 7 heteroatoms. The maximum Gasteiger partial charge on any atom is 0.191 e. The summed E-state index contributed by atoms with van der Waals surface area (Å²) in [4.78, 5) is 4.20. The predicted molar refractivity (Wildman–Crippen MR) is 102 cm³/mol. The van der Waals surface area contributed by atoms with E-state index in [1.54, 1.807) is 14.2 Å². The van der Waals surface area contributed by atoms with Gasteiger partial charge in [0.1, 0.15) is 0 Å². The lowest BCUT2D eigenvalue weighted by Gasteiger charge is -2.13. The number of hydrogen-bond acceptors (Lipinski definition) is 4. The zero-order valence-electron chi connectivity index (χ0n) is 13.8. The molecule has 2 rings (SSSR count). The van der Waals surface area contributed by atoms with Crippen LogP contribution in [0.15, 0.2) is 23.2 Å². The van der Waals surface area contributed by atoms with Crippen LogP contribution in [-0.2, 0) is 11.3 Å². The van der Waals surface area contributed by atoms with Crippen LogP contribution in [0.25, 0.3) is 0 Å². The van der Waals surface area contributed by atoms with Gasteiger partial charge in [0.25, 0.3) is 0 Å². The van der Waals surface area contributed by atoms with Gasteiger partial charge in [-0.2, -0.15) is 0 Å². The van der Waals surface area contributed by atoms with Crippen molar-refractivity contribution in [1.29, 1.82) is 0 Å². The van der Waals surface area contributed by atoms with Crippen LogP contribution in [-0.4, -0.2) is 46.5 Å². The van der Waals surface area contributed by atoms with E-state index in [2.05, 4.69) is 15.6 Å². The summed E-state index contributed by atoms with van der Waals surface area (Å²) < 4.78 is 16.4. The average molecular weight is 435 g/mol. The van der Waals surface area contributed by atoms with Gasteiger partial charge in [-0.25, -0.2) is 0 Å². The summed E-state index contributed by atoms with van der Waals surface area (Å²) in [5, 5.41) is 6.54. The third kappa shape index (κ3) is 6.82. The molecule has 0 atom stereocenters. The second-order valence-corrected chi connectivity index (χ2v) is 5.03. The van der Waals surface area contributed by atoms with Gasteiger partial charge in [-0.1, -0.05) is 6.07 Å². The van der Waals surface area contributed by atoms with Gasteiger partial charge in [-0.05, 0) is 24.1 Å². The molecule has 0 fully saturated rings. The van der Waals surface area contributed by atoms with Crippen molar-refractivity contribution < 1.29 is 14.2 Å². The van der Waals surface area contributed by atoms with Gasteiger partial charge >= 0.3 is 0 Å². The number of nitrogens with zero attached hydrogens (tertiary/aromatic N) is 1. The van der Waals surface area contributed by atoms with E-state index in [0.717, 1.165) is 49.0 Å². The normalized spacial score (nSPS) is 13.7. The van der Waals surface area contributed by atoms with Crippen LogP contribution in [0.3, 0.4) is 0 Å². The standard InChI is InChI=1S/C16H25N3O3.HI/c1-17-16(18-7-3-8-20-2)19-12-13-5-6-14-15(11-13)22-10-4-9-21-14;/h5-6,11H,3-4,7-10,12H2,1-2H3,(H2,17,18,19);1H. The molecule has 1 aliphatic heterocycles. The number of hydrogen-bond donors (Lipinski definition) is 2. The fourth-order valence-corrected chi connectivity index (χ4v) is 2.15. The minimum atomic E-state index is 0. The van der Waals surface area contributed by atoms with E-state index in [1.807, 2.05) is 18.2 Å². The summed E-state index contributed by atoms with van der Waals surface area (Å²) in [6.07, 6.45) is 1.86. The topological polar surface area (TPSA) is 64.1 Å². The highest BCUT2D eigenvalue weighted by molar-refractivity contribution is 14.0. The molecule has 0 saturated carbocycles. The van der Waals surface area contributed by atoms with Crippen molar-refractivity contribution in [3.8, 4) is 11.5 Å². The van der Waals surface area contributed by atoms with E-state index in [0.29, 0.717) is 19.8 Å². The smallest absolute Gasteiger partial charge is 0.191 e. The molecule has 23 heavy (non-hydrogen) atoms. The van der Waals surface area contributed by atoms with Crippen LogP contribution < -0.4 is 20.1 Å². The van der Waals surface area contributed by atoms with E-state index in [9.17, 15) is 0 Å². The highest BCUT2D eigenvalue weighted by atomic mass is 127. The van der Waals surface area contributed by atoms with Crippen LogP contribution in [0.2, 0.25) is 0 Å². The van der Waals surface area contributed by atoms with Gasteiger partial charge in [-0.3, -0.25) is 4.99 Å². The number of benzene rings is 1. The number of nitrogens with one attached hydrogen (secondary N) is 2. The molecule has 6 nitrogen and oxygen atoms in total. The van der Waals surface area contributed by atoms with Crippen LogP contribution >= 0.6 is 24.0 Å². The molecule has 0 bridgehead atoms. The molecule has 0 aromatic heterocycles. The average Bonchev–Trinajstić information content (AvgIpc) is 2.79. The van der Waals surface area contributed by atoms with Gasteiger partial charge in [0.05, 0.1) is 13.2 Å². The van der Waals surface area contributed by atoms with E-state index in [-0.39, 0.29) is 24.0 Å². The predicted octanol–water partition coefficient (Wildman–Crippen LogP) is 2.17. The summed E-state index contributed by atoms with van der Waals surface area (Å²) in [5.74, 6) is 2.42. The molecule has 1 aliphatic rings. The fourth-order valence-electron chi connectivity index (χ4n) is 2.15. The number of fused-ring (bicyclic) bond motifs is 1. The molecule has 0 unspecified atom stereocenters. The largest absolute Gasteiger partial charge is 0.490 e. The third-order valence-electron chi connectivity index (χ3n) is 3.31. The summed E-state index contributed by atoms with van der Waals surface area (Å²) in [6, 6.07) is 6.02. The number of rotatable bonds is 6. The maximum absolute atomic E-state index is 5.70. The molecular formula is C16H26IN3O3. The SMILES string of the molecule is CN=C(NCCCOC)NCc1ccc2c(c1)OCCCO2.I. The summed E-state index contributed by atoms with van der Waals surface area (Å²) in [5.41, 5.74) is 1.13. The number of halogens is 1. The third-order valence-corrected chi connectivity index (χ3v) is 3.31. The molecule has 0 spiro atoms. The van der Waals surface area contributed by atoms with Gasteiger partial charge in [-0.15, -0.1) is 24.0 Å². The first-order valence-electron chi connectivity index (χ1n) is 7.65. The van der Waals surface area contributed by atoms with E-state index in [4.69, 9.17) is 14.2 Å². The van der Waals surface area contributed by atoms with E-state index >= 15 is 0 Å². The second kappa shape index (κ2) is 11.3. The van der Waals surface area contributed by atoms with E-state index in [1.165, 1.54) is 0 Å². The summed E-state index contributed by atoms with van der Waals surface area (Å²) >= 11 is 0. The fraction of sp³-hybridized carbons (Fsp3) is 0.562. The Labute approximate surface area is 155 Å². The van der Waals surface area contributed by atoms with Crippen LogP contribution in [0.4, 0.5) is 0 Å². The Morgan fingerprint density at radius 2 is 2.00 bits per heavy atom. The monoisotopic (exact) mass is 435 g/mol. The summed E-state index contributed by atoms with van der Waals surface area (Å²) in [6.45, 7) is 3.66. The van der Waals surface area contributed by atoms with Gasteiger partial charge in [0, 0.05) is 40.3 Å². The first-order chi connectivity index (χ1) is 10.8. The lowest BCUT2D eigenvalue weighted by molar-refractivity contribution is 0.195. The molecule has 0 amide bonds. The Morgan fingerprint density at radius 3 is 2.74 bits per heavy atom. The van der Waals surface area contributed by atoms with Crippen LogP contribution in [0.5, 0.6) is 11.5 Å². The quantitative estimate of drug-likeness (QED) is 0.311. The molecule has 1 aromatic carbocycles. The molecule has 0 saturated heterocycles. The first-order valence-corrected chi connectivity index (χ1v) is 7.65. The number of guanidine groups is 1. The van der Waals surface area contributed by atoms with Gasteiger partial charge in [0.2, 0.25) is 0 Å². The Hall–Kier alpha value is -1.22. The van der Waals surface area contributed by atoms with Crippen molar-refractivity contribution in [2.24, 2.45) is 4.99 Å². The minimum absolute atomic E-state index is 0. The molecule has 0 aliphatic carbocycles. The van der Waals surface area contributed by atoms with Crippen molar-refractivity contribution in [3.05, 3.63) is 23.8 Å². The second-order valence-electron chi connectivity index (χ2n) is 5.03. The number of methoxy groups -OCH3 is 1.